The number of para-hydroxylation sites is 1. The Morgan fingerprint density at radius 1 is 0.839 bits per heavy atom. The molecule has 4 rings (SSSR count). The van der Waals surface area contributed by atoms with Gasteiger partial charge in [-0.2, -0.15) is 0 Å². The van der Waals surface area contributed by atoms with Gasteiger partial charge in [0.2, 0.25) is 11.7 Å². The van der Waals surface area contributed by atoms with Gasteiger partial charge in [0, 0.05) is 39.6 Å². The summed E-state index contributed by atoms with van der Waals surface area (Å²) in [7, 11) is 5.14. The first-order valence-electron chi connectivity index (χ1n) is 19.4. The second-order valence-corrected chi connectivity index (χ2v) is 15.1. The summed E-state index contributed by atoms with van der Waals surface area (Å²) < 4.78 is 23.0. The average molecular weight is 774 g/mol. The van der Waals surface area contributed by atoms with Crippen LogP contribution in [0, 0.1) is 6.92 Å². The highest BCUT2D eigenvalue weighted by Crippen LogP contribution is 2.36. The fraction of sp³-hybridized carbons (Fsp3) is 0.488. The van der Waals surface area contributed by atoms with Crippen molar-refractivity contribution in [2.45, 2.75) is 71.8 Å². The van der Waals surface area contributed by atoms with Gasteiger partial charge in [-0.05, 0) is 115 Å². The Labute approximate surface area is 331 Å². The summed E-state index contributed by atoms with van der Waals surface area (Å²) in [6.45, 7) is 11.9. The number of hydrogen-bond donors (Lipinski definition) is 2. The van der Waals surface area contributed by atoms with Gasteiger partial charge in [0.15, 0.2) is 5.75 Å². The quantitative estimate of drug-likeness (QED) is 0.0885. The molecule has 0 saturated carbocycles. The molecule has 56 heavy (non-hydrogen) atoms. The number of nitrogens with two attached hydrogens (primary N) is 1. The number of nitrogen functional groups attached to an aromatic ring is 1. The van der Waals surface area contributed by atoms with Gasteiger partial charge in [0.1, 0.15) is 17.1 Å². The number of amides is 3. The number of alkyl carbamates (subject to hydrolysis) is 1. The minimum Gasteiger partial charge on any atom is -0.494 e. The van der Waals surface area contributed by atoms with Crippen molar-refractivity contribution in [3.05, 3.63) is 76.9 Å². The van der Waals surface area contributed by atoms with Crippen molar-refractivity contribution in [1.82, 2.24) is 15.1 Å². The van der Waals surface area contributed by atoms with Crippen molar-refractivity contribution < 1.29 is 38.1 Å². The number of hydrogen-bond acceptors (Lipinski definition) is 10. The Balaban J connectivity index is 1.37. The molecule has 13 nitrogen and oxygen atoms in total. The summed E-state index contributed by atoms with van der Waals surface area (Å²) in [5.74, 6) is 0.407. The molecule has 13 heteroatoms. The molecule has 0 radical (unpaired) electrons. The third-order valence-corrected chi connectivity index (χ3v) is 9.40. The number of benzene rings is 3. The molecule has 1 aliphatic heterocycles. The number of carbonyl (C=O) groups excluding carboxylic acids is 4. The maximum absolute atomic E-state index is 14.0. The first-order chi connectivity index (χ1) is 26.7. The van der Waals surface area contributed by atoms with E-state index < -0.39 is 23.4 Å². The lowest BCUT2D eigenvalue weighted by Crippen LogP contribution is -2.34. The molecule has 3 N–H and O–H groups in total. The fourth-order valence-electron chi connectivity index (χ4n) is 6.36. The van der Waals surface area contributed by atoms with Crippen LogP contribution in [0.1, 0.15) is 91.1 Å². The second kappa shape index (κ2) is 20.6. The molecule has 304 valence electrons. The summed E-state index contributed by atoms with van der Waals surface area (Å²) in [4.78, 5) is 58.2. The average Bonchev–Trinajstić information content (AvgIpc) is 3.38. The molecule has 3 aromatic carbocycles. The standard InChI is InChI=1S/C43H59N5O8/c1-30-18-21-34(36(29-30)55-27-12-8-9-17-37(49)48-24-14-23-46(5)25-26-48)47(6)41(51)32-19-20-33(40(53-7)38(32)44)39(50)31-15-10-11-16-35(31)54-28-13-22-45-42(52)56-43(2,3)4/h10-11,15-16,18-21,29H,8-9,12-14,17,22-28,44H2,1-7H3,(H,45,52). The number of nitrogens with zero attached hydrogens (tertiary/aromatic N) is 3. The Morgan fingerprint density at radius 2 is 1.55 bits per heavy atom. The number of likely N-dealkylation sites (N-methyl/N-ethyl adjacent to an activating group) is 1. The first kappa shape index (κ1) is 43.4. The maximum atomic E-state index is 14.0. The van der Waals surface area contributed by atoms with Crippen LogP contribution in [0.5, 0.6) is 17.2 Å². The molecule has 1 heterocycles. The number of aryl methyl sites for hydroxylation is 1. The lowest BCUT2D eigenvalue weighted by Gasteiger charge is -2.23. The lowest BCUT2D eigenvalue weighted by molar-refractivity contribution is -0.131. The Bertz CT molecular complexity index is 1820. The van der Waals surface area contributed by atoms with Crippen molar-refractivity contribution >= 4 is 35.1 Å². The lowest BCUT2D eigenvalue weighted by atomic mass is 9.98. The highest BCUT2D eigenvalue weighted by molar-refractivity contribution is 6.16. The summed E-state index contributed by atoms with van der Waals surface area (Å²) in [6, 6.07) is 15.5. The number of rotatable bonds is 17. The third kappa shape index (κ3) is 12.4. The normalized spacial score (nSPS) is 13.4. The van der Waals surface area contributed by atoms with Crippen LogP contribution in [0.15, 0.2) is 54.6 Å². The summed E-state index contributed by atoms with van der Waals surface area (Å²) in [5, 5.41) is 2.69. The van der Waals surface area contributed by atoms with Gasteiger partial charge in [-0.15, -0.1) is 0 Å². The molecule has 0 aliphatic carbocycles. The fourth-order valence-corrected chi connectivity index (χ4v) is 6.36. The Hall–Kier alpha value is -5.30. The molecule has 0 unspecified atom stereocenters. The van der Waals surface area contributed by atoms with Crippen LogP contribution in [0.3, 0.4) is 0 Å². The number of anilines is 2. The van der Waals surface area contributed by atoms with E-state index in [-0.39, 0.29) is 35.1 Å². The van der Waals surface area contributed by atoms with E-state index in [0.717, 1.165) is 57.4 Å². The van der Waals surface area contributed by atoms with Crippen molar-refractivity contribution in [2.24, 2.45) is 0 Å². The van der Waals surface area contributed by atoms with Crippen molar-refractivity contribution in [3.63, 3.8) is 0 Å². The number of unbranched alkanes of at least 4 members (excludes halogenated alkanes) is 2. The van der Waals surface area contributed by atoms with E-state index in [1.807, 2.05) is 30.0 Å². The number of ketones is 1. The van der Waals surface area contributed by atoms with E-state index in [0.29, 0.717) is 48.7 Å². The maximum Gasteiger partial charge on any atom is 0.407 e. The van der Waals surface area contributed by atoms with Crippen molar-refractivity contribution in [1.29, 1.82) is 0 Å². The molecule has 3 aromatic rings. The van der Waals surface area contributed by atoms with Gasteiger partial charge in [-0.25, -0.2) is 4.79 Å². The molecule has 1 fully saturated rings. The SMILES string of the molecule is COc1c(C(=O)c2ccccc2OCCCNC(=O)OC(C)(C)C)ccc(C(=O)N(C)c2ccc(C)cc2OCCCCCC(=O)N2CCCN(C)CC2)c1N. The van der Waals surface area contributed by atoms with Crippen molar-refractivity contribution in [2.75, 3.05) is 77.8 Å². The number of nitrogens with one attached hydrogen (secondary N) is 1. The Morgan fingerprint density at radius 3 is 2.30 bits per heavy atom. The molecule has 3 amide bonds. The summed E-state index contributed by atoms with van der Waals surface area (Å²) in [6.07, 6.45) is 3.91. The zero-order valence-corrected chi connectivity index (χ0v) is 34.1. The van der Waals surface area contributed by atoms with Crippen LogP contribution in [0.2, 0.25) is 0 Å². The van der Waals surface area contributed by atoms with Crippen LogP contribution in [0.25, 0.3) is 0 Å². The second-order valence-electron chi connectivity index (χ2n) is 15.1. The predicted octanol–water partition coefficient (Wildman–Crippen LogP) is 6.49. The van der Waals surface area contributed by atoms with Crippen LogP contribution < -0.4 is 30.2 Å². The van der Waals surface area contributed by atoms with Crippen LogP contribution in [0.4, 0.5) is 16.2 Å². The van der Waals surface area contributed by atoms with Gasteiger partial charge in [-0.1, -0.05) is 18.2 Å². The minimum atomic E-state index is -0.596. The topological polar surface area (TPSA) is 153 Å². The molecule has 1 saturated heterocycles. The first-order valence-corrected chi connectivity index (χ1v) is 19.4. The zero-order valence-electron chi connectivity index (χ0n) is 34.1. The van der Waals surface area contributed by atoms with Crippen LogP contribution in [-0.4, -0.2) is 106 Å². The van der Waals surface area contributed by atoms with Gasteiger partial charge < -0.3 is 44.7 Å². The van der Waals surface area contributed by atoms with E-state index >= 15 is 0 Å². The molecular weight excluding hydrogens is 714 g/mol. The summed E-state index contributed by atoms with van der Waals surface area (Å²) >= 11 is 0. The smallest absolute Gasteiger partial charge is 0.407 e. The molecule has 0 atom stereocenters. The highest BCUT2D eigenvalue weighted by Gasteiger charge is 2.26. The van der Waals surface area contributed by atoms with E-state index in [9.17, 15) is 19.2 Å². The van der Waals surface area contributed by atoms with Gasteiger partial charge in [0.05, 0.1) is 48.4 Å². The third-order valence-electron chi connectivity index (χ3n) is 9.40. The van der Waals surface area contributed by atoms with Gasteiger partial charge in [0.25, 0.3) is 5.91 Å². The predicted molar refractivity (Wildman–Crippen MR) is 218 cm³/mol. The molecule has 0 bridgehead atoms. The van der Waals surface area contributed by atoms with Crippen LogP contribution in [-0.2, 0) is 9.53 Å². The van der Waals surface area contributed by atoms with E-state index in [2.05, 4.69) is 17.3 Å². The van der Waals surface area contributed by atoms with Crippen molar-refractivity contribution in [3.8, 4) is 17.2 Å². The van der Waals surface area contributed by atoms with Gasteiger partial charge in [-0.3, -0.25) is 14.4 Å². The number of ether oxygens (including phenoxy) is 4. The molecule has 1 aliphatic rings. The molecule has 0 aromatic heterocycles. The minimum absolute atomic E-state index is 0.0261. The number of methoxy groups -OCH3 is 1. The highest BCUT2D eigenvalue weighted by atomic mass is 16.6. The monoisotopic (exact) mass is 773 g/mol. The Kier molecular flexibility index (Phi) is 16.0. The largest absolute Gasteiger partial charge is 0.494 e. The zero-order chi connectivity index (χ0) is 40.8. The van der Waals surface area contributed by atoms with Gasteiger partial charge >= 0.3 is 6.09 Å². The van der Waals surface area contributed by atoms with E-state index in [4.69, 9.17) is 24.7 Å². The molecular formula is C43H59N5O8. The number of carbonyl (C=O) groups is 4. The van der Waals surface area contributed by atoms with E-state index in [1.165, 1.54) is 24.1 Å². The van der Waals surface area contributed by atoms with Crippen LogP contribution >= 0.6 is 0 Å². The van der Waals surface area contributed by atoms with E-state index in [1.54, 1.807) is 52.1 Å². The molecule has 0 spiro atoms. The summed E-state index contributed by atoms with van der Waals surface area (Å²) in [5.41, 5.74) is 8.15.